The number of hydrogen-bond donors (Lipinski definition) is 1. The maximum absolute atomic E-state index is 14.0. The molecule has 2 atom stereocenters. The fourth-order valence-electron chi connectivity index (χ4n) is 6.59. The lowest BCUT2D eigenvalue weighted by atomic mass is 9.97. The van der Waals surface area contributed by atoms with E-state index in [0.717, 1.165) is 16.9 Å². The molecule has 2 aliphatic rings. The normalized spacial score (nSPS) is 17.2. The standard InChI is InChI=1S/C36H34N4O2/c1-25(26-11-3-2-4-12-26)39-21-28(19-27-13-5-10-18-35(27)40(39)22-29-20-37-24-38-29)36(41)42-23-34-32-16-8-6-14-30(32)31-15-7-9-17-33(31)34/h2-18,20,24-25,28,34H,19,21-23H2,1H3,(H,37,38). The van der Waals surface area contributed by atoms with E-state index in [2.05, 4.69) is 124 Å². The molecule has 6 nitrogen and oxygen atoms in total. The number of hydrogen-bond acceptors (Lipinski definition) is 5. The van der Waals surface area contributed by atoms with Crippen molar-refractivity contribution in [3.8, 4) is 11.1 Å². The third-order valence-electron chi connectivity index (χ3n) is 8.75. The van der Waals surface area contributed by atoms with Crippen LogP contribution >= 0.6 is 0 Å². The summed E-state index contributed by atoms with van der Waals surface area (Å²) in [6.45, 7) is 3.69. The number of esters is 1. The molecule has 210 valence electrons. The van der Waals surface area contributed by atoms with Crippen LogP contribution in [0.3, 0.4) is 0 Å². The van der Waals surface area contributed by atoms with E-state index in [1.54, 1.807) is 6.33 Å². The van der Waals surface area contributed by atoms with Crippen LogP contribution in [0.5, 0.6) is 0 Å². The molecule has 1 aliphatic heterocycles. The summed E-state index contributed by atoms with van der Waals surface area (Å²) in [6.07, 6.45) is 4.19. The van der Waals surface area contributed by atoms with E-state index < -0.39 is 0 Å². The predicted octanol–water partition coefficient (Wildman–Crippen LogP) is 6.92. The molecule has 1 aromatic heterocycles. The molecule has 4 aromatic carbocycles. The van der Waals surface area contributed by atoms with Crippen LogP contribution in [-0.4, -0.2) is 34.1 Å². The van der Waals surface area contributed by atoms with Gasteiger partial charge >= 0.3 is 5.97 Å². The molecule has 0 radical (unpaired) electrons. The lowest BCUT2D eigenvalue weighted by molar-refractivity contribution is -0.149. The van der Waals surface area contributed by atoms with E-state index in [-0.39, 0.29) is 23.8 Å². The van der Waals surface area contributed by atoms with Crippen LogP contribution in [0.1, 0.15) is 46.8 Å². The number of fused-ring (bicyclic) bond motifs is 4. The molecule has 1 N–H and O–H groups in total. The topological polar surface area (TPSA) is 61.5 Å². The molecule has 5 aromatic rings. The number of H-pyrrole nitrogens is 1. The molecule has 6 heteroatoms. The van der Waals surface area contributed by atoms with Crippen molar-refractivity contribution in [3.63, 3.8) is 0 Å². The predicted molar refractivity (Wildman–Crippen MR) is 165 cm³/mol. The van der Waals surface area contributed by atoms with Gasteiger partial charge in [0.05, 0.1) is 36.2 Å². The molecular weight excluding hydrogens is 520 g/mol. The average molecular weight is 555 g/mol. The maximum atomic E-state index is 14.0. The van der Waals surface area contributed by atoms with Crippen molar-refractivity contribution in [2.45, 2.75) is 31.8 Å². The van der Waals surface area contributed by atoms with Gasteiger partial charge in [0.25, 0.3) is 0 Å². The van der Waals surface area contributed by atoms with Gasteiger partial charge in [-0.25, -0.2) is 9.99 Å². The average Bonchev–Trinajstić information content (AvgIpc) is 3.63. The molecule has 0 saturated heterocycles. The van der Waals surface area contributed by atoms with E-state index in [9.17, 15) is 4.79 Å². The fourth-order valence-corrected chi connectivity index (χ4v) is 6.59. The van der Waals surface area contributed by atoms with Crippen LogP contribution in [0.25, 0.3) is 11.1 Å². The highest BCUT2D eigenvalue weighted by Gasteiger charge is 2.36. The van der Waals surface area contributed by atoms with Gasteiger partial charge in [0.2, 0.25) is 0 Å². The van der Waals surface area contributed by atoms with Crippen LogP contribution in [0.4, 0.5) is 5.69 Å². The van der Waals surface area contributed by atoms with Gasteiger partial charge in [-0.2, -0.15) is 0 Å². The van der Waals surface area contributed by atoms with Crippen molar-refractivity contribution < 1.29 is 9.53 Å². The number of para-hydroxylation sites is 1. The first-order valence-electron chi connectivity index (χ1n) is 14.7. The summed E-state index contributed by atoms with van der Waals surface area (Å²) in [7, 11) is 0. The highest BCUT2D eigenvalue weighted by atomic mass is 16.5. The van der Waals surface area contributed by atoms with Crippen LogP contribution in [0.2, 0.25) is 0 Å². The first-order valence-corrected chi connectivity index (χ1v) is 14.7. The number of imidazole rings is 1. The molecular formula is C36H34N4O2. The molecule has 2 heterocycles. The van der Waals surface area contributed by atoms with Gasteiger partial charge in [-0.1, -0.05) is 97.1 Å². The van der Waals surface area contributed by atoms with E-state index in [1.165, 1.54) is 27.8 Å². The van der Waals surface area contributed by atoms with Crippen molar-refractivity contribution in [3.05, 3.63) is 144 Å². The Morgan fingerprint density at radius 1 is 0.905 bits per heavy atom. The quantitative estimate of drug-likeness (QED) is 0.221. The van der Waals surface area contributed by atoms with Crippen LogP contribution in [0, 0.1) is 5.92 Å². The van der Waals surface area contributed by atoms with Gasteiger partial charge in [0.15, 0.2) is 0 Å². The van der Waals surface area contributed by atoms with Crippen LogP contribution < -0.4 is 5.01 Å². The Balaban J connectivity index is 1.19. The summed E-state index contributed by atoms with van der Waals surface area (Å²) in [6, 6.07) is 35.8. The number of rotatable bonds is 7. The van der Waals surface area contributed by atoms with Gasteiger partial charge in [0.1, 0.15) is 6.61 Å². The smallest absolute Gasteiger partial charge is 0.310 e. The number of anilines is 1. The number of carbonyl (C=O) groups excluding carboxylic acids is 1. The van der Waals surface area contributed by atoms with Gasteiger partial charge in [-0.15, -0.1) is 0 Å². The van der Waals surface area contributed by atoms with E-state index in [0.29, 0.717) is 26.1 Å². The Morgan fingerprint density at radius 3 is 2.29 bits per heavy atom. The minimum Gasteiger partial charge on any atom is -0.464 e. The largest absolute Gasteiger partial charge is 0.464 e. The molecule has 42 heavy (non-hydrogen) atoms. The highest BCUT2D eigenvalue weighted by molar-refractivity contribution is 5.79. The Hall–Kier alpha value is -4.68. The molecule has 0 spiro atoms. The SMILES string of the molecule is CC(c1ccccc1)N1CC(C(=O)OCC2c3ccccc3-c3ccccc32)Cc2ccccc2N1Cc1cnc[nH]1. The van der Waals surface area contributed by atoms with Crippen molar-refractivity contribution in [2.24, 2.45) is 5.92 Å². The zero-order valence-corrected chi connectivity index (χ0v) is 23.7. The second kappa shape index (κ2) is 11.3. The van der Waals surface area contributed by atoms with Crippen molar-refractivity contribution in [1.82, 2.24) is 15.0 Å². The van der Waals surface area contributed by atoms with Gasteiger partial charge < -0.3 is 9.72 Å². The fraction of sp³-hybridized carbons (Fsp3) is 0.222. The molecule has 0 amide bonds. The van der Waals surface area contributed by atoms with Gasteiger partial charge in [-0.05, 0) is 52.8 Å². The number of nitrogens with one attached hydrogen (secondary N) is 1. The van der Waals surface area contributed by atoms with Crippen molar-refractivity contribution >= 4 is 11.7 Å². The Kier molecular flexibility index (Phi) is 7.06. The van der Waals surface area contributed by atoms with Crippen molar-refractivity contribution in [1.29, 1.82) is 0 Å². The number of carbonyl (C=O) groups is 1. The molecule has 0 saturated carbocycles. The van der Waals surface area contributed by atoms with Crippen molar-refractivity contribution in [2.75, 3.05) is 18.2 Å². The Bertz CT molecular complexity index is 1640. The lowest BCUT2D eigenvalue weighted by Crippen LogP contribution is -2.46. The maximum Gasteiger partial charge on any atom is 0.310 e. The number of hydrazine groups is 1. The molecule has 0 fully saturated rings. The lowest BCUT2D eigenvalue weighted by Gasteiger charge is -2.40. The second-order valence-corrected chi connectivity index (χ2v) is 11.2. The first kappa shape index (κ1) is 26.2. The first-order chi connectivity index (χ1) is 20.7. The summed E-state index contributed by atoms with van der Waals surface area (Å²) in [5.41, 5.74) is 9.35. The molecule has 7 rings (SSSR count). The summed E-state index contributed by atoms with van der Waals surface area (Å²) in [5.74, 6) is -0.438. The second-order valence-electron chi connectivity index (χ2n) is 11.2. The molecule has 1 aliphatic carbocycles. The number of aromatic nitrogens is 2. The van der Waals surface area contributed by atoms with E-state index in [1.807, 2.05) is 12.3 Å². The van der Waals surface area contributed by atoms with Gasteiger partial charge in [0, 0.05) is 18.7 Å². The van der Waals surface area contributed by atoms with Crippen LogP contribution in [-0.2, 0) is 22.5 Å². The highest BCUT2D eigenvalue weighted by Crippen LogP contribution is 2.45. The minimum absolute atomic E-state index is 0.0316. The number of benzene rings is 4. The van der Waals surface area contributed by atoms with Gasteiger partial charge in [-0.3, -0.25) is 9.80 Å². The van der Waals surface area contributed by atoms with E-state index >= 15 is 0 Å². The summed E-state index contributed by atoms with van der Waals surface area (Å²) < 4.78 is 6.22. The zero-order valence-electron chi connectivity index (χ0n) is 23.7. The van der Waals surface area contributed by atoms with E-state index in [4.69, 9.17) is 4.74 Å². The third kappa shape index (κ3) is 4.88. The minimum atomic E-state index is -0.323. The number of nitrogens with zero attached hydrogens (tertiary/aromatic N) is 3. The van der Waals surface area contributed by atoms with Crippen LogP contribution in [0.15, 0.2) is 116 Å². The zero-order chi connectivity index (χ0) is 28.5. The summed E-state index contributed by atoms with van der Waals surface area (Å²) >= 11 is 0. The summed E-state index contributed by atoms with van der Waals surface area (Å²) in [4.78, 5) is 21.5. The Morgan fingerprint density at radius 2 is 1.57 bits per heavy atom. The monoisotopic (exact) mass is 554 g/mol. The molecule has 2 unspecified atom stereocenters. The number of aromatic amines is 1. The number of ether oxygens (including phenoxy) is 1. The third-order valence-corrected chi connectivity index (χ3v) is 8.75. The Labute approximate surface area is 246 Å². The molecule has 0 bridgehead atoms. The summed E-state index contributed by atoms with van der Waals surface area (Å²) in [5, 5.41) is 4.63.